The van der Waals surface area contributed by atoms with E-state index in [4.69, 9.17) is 12.2 Å². The molecular formula is C9H8BrNOS2. The van der Waals surface area contributed by atoms with E-state index in [1.54, 1.807) is 12.1 Å². The molecule has 0 bridgehead atoms. The predicted octanol–water partition coefficient (Wildman–Crippen LogP) is 2.83. The van der Waals surface area contributed by atoms with E-state index in [-0.39, 0.29) is 5.91 Å². The SMILES string of the molecule is CSC(=S)NC(=O)c1ccc(Br)cc1. The van der Waals surface area contributed by atoms with Crippen LogP contribution < -0.4 is 5.32 Å². The Balaban J connectivity index is 2.70. The Morgan fingerprint density at radius 1 is 1.43 bits per heavy atom. The second-order valence-electron chi connectivity index (χ2n) is 2.45. The van der Waals surface area contributed by atoms with Crippen molar-refractivity contribution >= 4 is 50.1 Å². The summed E-state index contributed by atoms with van der Waals surface area (Å²) in [7, 11) is 0. The molecule has 0 spiro atoms. The largest absolute Gasteiger partial charge is 0.308 e. The van der Waals surface area contributed by atoms with E-state index in [9.17, 15) is 4.79 Å². The number of benzene rings is 1. The van der Waals surface area contributed by atoms with E-state index in [1.807, 2.05) is 18.4 Å². The third-order valence-electron chi connectivity index (χ3n) is 1.51. The minimum absolute atomic E-state index is 0.170. The molecule has 14 heavy (non-hydrogen) atoms. The van der Waals surface area contributed by atoms with Crippen molar-refractivity contribution < 1.29 is 4.79 Å². The van der Waals surface area contributed by atoms with Gasteiger partial charge in [-0.15, -0.1) is 11.8 Å². The Labute approximate surface area is 101 Å². The van der Waals surface area contributed by atoms with E-state index < -0.39 is 0 Å². The molecule has 0 saturated heterocycles. The summed E-state index contributed by atoms with van der Waals surface area (Å²) < 4.78 is 1.43. The van der Waals surface area contributed by atoms with Gasteiger partial charge in [0.15, 0.2) is 0 Å². The number of nitrogens with one attached hydrogen (secondary N) is 1. The van der Waals surface area contributed by atoms with Crippen LogP contribution in [0.4, 0.5) is 0 Å². The van der Waals surface area contributed by atoms with Crippen LogP contribution in [-0.4, -0.2) is 16.5 Å². The van der Waals surface area contributed by atoms with Gasteiger partial charge in [-0.05, 0) is 30.5 Å². The van der Waals surface area contributed by atoms with Gasteiger partial charge in [0, 0.05) is 10.0 Å². The molecule has 1 N–H and O–H groups in total. The first-order valence-electron chi connectivity index (χ1n) is 3.78. The molecule has 2 nitrogen and oxygen atoms in total. The fourth-order valence-corrected chi connectivity index (χ4v) is 1.37. The summed E-state index contributed by atoms with van der Waals surface area (Å²) in [4.78, 5) is 11.5. The van der Waals surface area contributed by atoms with Gasteiger partial charge < -0.3 is 5.32 Å². The van der Waals surface area contributed by atoms with Crippen molar-refractivity contribution in [2.75, 3.05) is 6.26 Å². The lowest BCUT2D eigenvalue weighted by atomic mass is 10.2. The summed E-state index contributed by atoms with van der Waals surface area (Å²) in [5.41, 5.74) is 0.601. The van der Waals surface area contributed by atoms with Crippen LogP contribution in [0.5, 0.6) is 0 Å². The fourth-order valence-electron chi connectivity index (χ4n) is 0.817. The van der Waals surface area contributed by atoms with Gasteiger partial charge in [0.1, 0.15) is 4.32 Å². The third kappa shape index (κ3) is 3.40. The highest BCUT2D eigenvalue weighted by Gasteiger charge is 2.05. The molecule has 5 heteroatoms. The number of amides is 1. The van der Waals surface area contributed by atoms with Crippen LogP contribution in [0.25, 0.3) is 0 Å². The summed E-state index contributed by atoms with van der Waals surface area (Å²) in [5.74, 6) is -0.170. The maximum atomic E-state index is 11.5. The van der Waals surface area contributed by atoms with Crippen molar-refractivity contribution in [1.82, 2.24) is 5.32 Å². The van der Waals surface area contributed by atoms with Crippen molar-refractivity contribution in [3.8, 4) is 0 Å². The first kappa shape index (κ1) is 11.7. The molecule has 1 rings (SSSR count). The second kappa shape index (κ2) is 5.48. The van der Waals surface area contributed by atoms with Crippen molar-refractivity contribution in [2.45, 2.75) is 0 Å². The molecule has 0 aromatic heterocycles. The molecule has 0 aliphatic heterocycles. The normalized spacial score (nSPS) is 9.57. The Morgan fingerprint density at radius 2 is 2.00 bits per heavy atom. The monoisotopic (exact) mass is 289 g/mol. The van der Waals surface area contributed by atoms with E-state index >= 15 is 0 Å². The van der Waals surface area contributed by atoms with Crippen molar-refractivity contribution in [2.24, 2.45) is 0 Å². The van der Waals surface area contributed by atoms with Crippen LogP contribution in [0.1, 0.15) is 10.4 Å². The molecule has 0 fully saturated rings. The third-order valence-corrected chi connectivity index (χ3v) is 3.11. The number of halogens is 1. The highest BCUT2D eigenvalue weighted by Crippen LogP contribution is 2.10. The molecule has 0 aliphatic carbocycles. The Kier molecular flexibility index (Phi) is 4.57. The summed E-state index contributed by atoms with van der Waals surface area (Å²) in [5, 5.41) is 2.61. The molecule has 74 valence electrons. The van der Waals surface area contributed by atoms with E-state index in [0.717, 1.165) is 4.47 Å². The number of thioether (sulfide) groups is 1. The van der Waals surface area contributed by atoms with Gasteiger partial charge in [0.05, 0.1) is 0 Å². The highest BCUT2D eigenvalue weighted by atomic mass is 79.9. The molecular weight excluding hydrogens is 282 g/mol. The lowest BCUT2D eigenvalue weighted by Crippen LogP contribution is -2.26. The molecule has 0 atom stereocenters. The number of thiocarbonyl (C=S) groups is 1. The number of hydrogen-bond acceptors (Lipinski definition) is 3. The van der Waals surface area contributed by atoms with Crippen molar-refractivity contribution in [3.63, 3.8) is 0 Å². The Hall–Kier alpha value is -0.390. The van der Waals surface area contributed by atoms with Gasteiger partial charge in [-0.3, -0.25) is 4.79 Å². The quantitative estimate of drug-likeness (QED) is 0.806. The van der Waals surface area contributed by atoms with Crippen LogP contribution in [0.2, 0.25) is 0 Å². The minimum atomic E-state index is -0.170. The molecule has 0 heterocycles. The first-order valence-corrected chi connectivity index (χ1v) is 6.21. The second-order valence-corrected chi connectivity index (χ2v) is 4.85. The molecule has 0 saturated carbocycles. The molecule has 1 amide bonds. The van der Waals surface area contributed by atoms with Gasteiger partial charge in [0.2, 0.25) is 0 Å². The van der Waals surface area contributed by atoms with Gasteiger partial charge in [0.25, 0.3) is 5.91 Å². The number of carbonyl (C=O) groups is 1. The summed E-state index contributed by atoms with van der Waals surface area (Å²) in [6.07, 6.45) is 1.82. The molecule has 1 aromatic carbocycles. The van der Waals surface area contributed by atoms with Gasteiger partial charge in [-0.1, -0.05) is 28.1 Å². The minimum Gasteiger partial charge on any atom is -0.308 e. The standard InChI is InChI=1S/C9H8BrNOS2/c1-14-9(13)11-8(12)6-2-4-7(10)5-3-6/h2-5H,1H3,(H,11,12,13). The maximum Gasteiger partial charge on any atom is 0.256 e. The van der Waals surface area contributed by atoms with Crippen molar-refractivity contribution in [3.05, 3.63) is 34.3 Å². The maximum absolute atomic E-state index is 11.5. The summed E-state index contributed by atoms with van der Waals surface area (Å²) in [6, 6.07) is 7.11. The van der Waals surface area contributed by atoms with Crippen LogP contribution in [0.3, 0.4) is 0 Å². The Bertz CT molecular complexity index is 350. The predicted molar refractivity (Wildman–Crippen MR) is 67.7 cm³/mol. The lowest BCUT2D eigenvalue weighted by Gasteiger charge is -2.03. The smallest absolute Gasteiger partial charge is 0.256 e. The number of hydrogen-bond donors (Lipinski definition) is 1. The first-order chi connectivity index (χ1) is 6.63. The van der Waals surface area contributed by atoms with E-state index in [1.165, 1.54) is 11.8 Å². The topological polar surface area (TPSA) is 29.1 Å². The van der Waals surface area contributed by atoms with E-state index in [2.05, 4.69) is 21.2 Å². The van der Waals surface area contributed by atoms with E-state index in [0.29, 0.717) is 9.88 Å². The number of carbonyl (C=O) groups excluding carboxylic acids is 1. The molecule has 1 aromatic rings. The zero-order valence-corrected chi connectivity index (χ0v) is 10.6. The highest BCUT2D eigenvalue weighted by molar-refractivity contribution is 9.10. The molecule has 0 radical (unpaired) electrons. The van der Waals surface area contributed by atoms with Crippen LogP contribution in [0.15, 0.2) is 28.7 Å². The van der Waals surface area contributed by atoms with Crippen LogP contribution >= 0.6 is 39.9 Å². The summed E-state index contributed by atoms with van der Waals surface area (Å²) >= 11 is 9.52. The average Bonchev–Trinajstić information content (AvgIpc) is 2.18. The van der Waals surface area contributed by atoms with Gasteiger partial charge >= 0.3 is 0 Å². The zero-order chi connectivity index (χ0) is 10.6. The lowest BCUT2D eigenvalue weighted by molar-refractivity contribution is 0.0978. The zero-order valence-electron chi connectivity index (χ0n) is 7.41. The van der Waals surface area contributed by atoms with Gasteiger partial charge in [-0.2, -0.15) is 0 Å². The molecule has 0 aliphatic rings. The van der Waals surface area contributed by atoms with Gasteiger partial charge in [-0.25, -0.2) is 0 Å². The Morgan fingerprint density at radius 3 is 2.50 bits per heavy atom. The number of rotatable bonds is 1. The fraction of sp³-hybridized carbons (Fsp3) is 0.111. The van der Waals surface area contributed by atoms with Crippen LogP contribution in [0, 0.1) is 0 Å². The average molecular weight is 290 g/mol. The molecule has 0 unspecified atom stereocenters. The summed E-state index contributed by atoms with van der Waals surface area (Å²) in [6.45, 7) is 0. The van der Waals surface area contributed by atoms with Crippen LogP contribution in [-0.2, 0) is 0 Å². The van der Waals surface area contributed by atoms with Crippen molar-refractivity contribution in [1.29, 1.82) is 0 Å².